The molecule has 37 heavy (non-hydrogen) atoms. The zero-order valence-corrected chi connectivity index (χ0v) is 20.7. The number of alkyl halides is 3. The SMILES string of the molecule is Cc1nc(N)cc(-c2nc(C(C)C)c3c(C4[C@H]5CNC[C@@H]45)nn(C4CC4)c3c2F)c1C(F)(F)F.NC=O. The Kier molecular flexibility index (Phi) is 6.12. The summed E-state index contributed by atoms with van der Waals surface area (Å²) in [6.07, 6.45) is -2.74. The number of nitrogens with one attached hydrogen (secondary N) is 1. The molecule has 3 aromatic rings. The molecule has 0 spiro atoms. The molecule has 8 nitrogen and oxygen atoms in total. The highest BCUT2D eigenvalue weighted by molar-refractivity contribution is 5.90. The van der Waals surface area contributed by atoms with E-state index >= 15 is 4.39 Å². The van der Waals surface area contributed by atoms with E-state index in [9.17, 15) is 13.2 Å². The van der Waals surface area contributed by atoms with Crippen LogP contribution in [0.15, 0.2) is 6.07 Å². The second-order valence-electron chi connectivity index (χ2n) is 10.3. The molecule has 0 bridgehead atoms. The van der Waals surface area contributed by atoms with Crippen LogP contribution in [0, 0.1) is 24.6 Å². The number of carbonyl (C=O) groups excluding carboxylic acids is 1. The highest BCUT2D eigenvalue weighted by atomic mass is 19.4. The molecule has 0 aromatic carbocycles. The van der Waals surface area contributed by atoms with Crippen LogP contribution in [-0.4, -0.2) is 39.2 Å². The molecule has 5 N–H and O–H groups in total. The number of piperidine rings is 1. The number of fused-ring (bicyclic) bond motifs is 2. The Labute approximate surface area is 210 Å². The molecule has 3 fully saturated rings. The highest BCUT2D eigenvalue weighted by Crippen LogP contribution is 2.58. The van der Waals surface area contributed by atoms with E-state index < -0.39 is 17.6 Å². The summed E-state index contributed by atoms with van der Waals surface area (Å²) in [7, 11) is 0. The number of aromatic nitrogens is 4. The van der Waals surface area contributed by atoms with Crippen molar-refractivity contribution in [3.8, 4) is 11.3 Å². The van der Waals surface area contributed by atoms with Gasteiger partial charge in [-0.25, -0.2) is 14.4 Å². The molecule has 3 atom stereocenters. The van der Waals surface area contributed by atoms with Crippen LogP contribution in [-0.2, 0) is 11.0 Å². The Bertz CT molecular complexity index is 1370. The van der Waals surface area contributed by atoms with Crippen LogP contribution < -0.4 is 16.8 Å². The summed E-state index contributed by atoms with van der Waals surface area (Å²) < 4.78 is 60.1. The van der Waals surface area contributed by atoms with Crippen LogP contribution >= 0.6 is 0 Å². The minimum Gasteiger partial charge on any atom is -0.384 e. The predicted molar refractivity (Wildman–Crippen MR) is 130 cm³/mol. The van der Waals surface area contributed by atoms with E-state index in [0.29, 0.717) is 22.9 Å². The quantitative estimate of drug-likeness (QED) is 0.353. The zero-order chi connectivity index (χ0) is 26.8. The smallest absolute Gasteiger partial charge is 0.384 e. The fraction of sp³-hybridized carbons (Fsp3) is 0.520. The largest absolute Gasteiger partial charge is 0.418 e. The molecule has 3 aliphatic rings. The number of carbonyl (C=O) groups is 1. The van der Waals surface area contributed by atoms with Crippen LogP contribution in [0.3, 0.4) is 0 Å². The Hall–Kier alpha value is -3.28. The van der Waals surface area contributed by atoms with Gasteiger partial charge in [0.2, 0.25) is 6.41 Å². The van der Waals surface area contributed by atoms with Crippen molar-refractivity contribution in [1.29, 1.82) is 0 Å². The monoisotopic (exact) mass is 519 g/mol. The van der Waals surface area contributed by atoms with Gasteiger partial charge in [0.25, 0.3) is 0 Å². The van der Waals surface area contributed by atoms with Gasteiger partial charge in [0.15, 0.2) is 5.82 Å². The van der Waals surface area contributed by atoms with Gasteiger partial charge in [0.1, 0.15) is 17.0 Å². The van der Waals surface area contributed by atoms with Crippen molar-refractivity contribution in [1.82, 2.24) is 25.1 Å². The Morgan fingerprint density at radius 3 is 2.35 bits per heavy atom. The molecule has 198 valence electrons. The fourth-order valence-electron chi connectivity index (χ4n) is 5.73. The number of rotatable bonds is 4. The van der Waals surface area contributed by atoms with Gasteiger partial charge >= 0.3 is 6.18 Å². The number of nitrogens with zero attached hydrogens (tertiary/aromatic N) is 4. The van der Waals surface area contributed by atoms with Gasteiger partial charge in [0.05, 0.1) is 28.7 Å². The number of aryl methyl sites for hydroxylation is 1. The molecule has 0 radical (unpaired) electrons. The minimum atomic E-state index is -4.73. The first kappa shape index (κ1) is 25.4. The van der Waals surface area contributed by atoms with Crippen molar-refractivity contribution in [3.05, 3.63) is 34.5 Å². The number of nitrogens with two attached hydrogens (primary N) is 2. The summed E-state index contributed by atoms with van der Waals surface area (Å²) in [4.78, 5) is 16.9. The average molecular weight is 520 g/mol. The molecule has 1 saturated heterocycles. The summed E-state index contributed by atoms with van der Waals surface area (Å²) in [5.74, 6) is 0.148. The summed E-state index contributed by atoms with van der Waals surface area (Å²) in [6, 6.07) is 1.14. The molecular weight excluding hydrogens is 490 g/mol. The zero-order valence-electron chi connectivity index (χ0n) is 20.7. The lowest BCUT2D eigenvalue weighted by molar-refractivity contribution is -0.137. The third kappa shape index (κ3) is 4.20. The summed E-state index contributed by atoms with van der Waals surface area (Å²) >= 11 is 0. The number of hydrogen-bond donors (Lipinski definition) is 3. The van der Waals surface area contributed by atoms with Gasteiger partial charge in [-0.05, 0) is 56.7 Å². The number of hydrogen-bond acceptors (Lipinski definition) is 6. The van der Waals surface area contributed by atoms with Crippen molar-refractivity contribution in [2.45, 2.75) is 57.7 Å². The van der Waals surface area contributed by atoms with E-state index in [2.05, 4.69) is 21.0 Å². The average Bonchev–Trinajstić information content (AvgIpc) is 3.67. The molecule has 4 heterocycles. The molecular formula is C25H29F4N7O. The maximum atomic E-state index is 16.3. The van der Waals surface area contributed by atoms with Crippen molar-refractivity contribution in [2.24, 2.45) is 17.6 Å². The second kappa shape index (κ2) is 8.93. The molecule has 1 unspecified atom stereocenters. The lowest BCUT2D eigenvalue weighted by Crippen LogP contribution is -2.15. The number of anilines is 1. The van der Waals surface area contributed by atoms with Gasteiger partial charge < -0.3 is 16.8 Å². The molecule has 2 aliphatic carbocycles. The number of primary amides is 1. The predicted octanol–water partition coefficient (Wildman–Crippen LogP) is 4.03. The second-order valence-corrected chi connectivity index (χ2v) is 10.3. The fourth-order valence-corrected chi connectivity index (χ4v) is 5.73. The lowest BCUT2D eigenvalue weighted by Gasteiger charge is -2.18. The molecule has 6 rings (SSSR count). The van der Waals surface area contributed by atoms with Crippen LogP contribution in [0.2, 0.25) is 0 Å². The molecule has 1 amide bonds. The van der Waals surface area contributed by atoms with Gasteiger partial charge in [-0.3, -0.25) is 9.48 Å². The topological polar surface area (TPSA) is 125 Å². The Balaban J connectivity index is 0.000000892. The van der Waals surface area contributed by atoms with Crippen molar-refractivity contribution < 1.29 is 22.4 Å². The van der Waals surface area contributed by atoms with E-state index in [4.69, 9.17) is 15.6 Å². The highest BCUT2D eigenvalue weighted by Gasteiger charge is 2.56. The number of halogens is 4. The van der Waals surface area contributed by atoms with E-state index in [-0.39, 0.29) is 52.6 Å². The van der Waals surface area contributed by atoms with E-state index in [1.807, 2.05) is 13.8 Å². The van der Waals surface area contributed by atoms with Gasteiger partial charge in [-0.1, -0.05) is 13.8 Å². The maximum Gasteiger partial charge on any atom is 0.418 e. The van der Waals surface area contributed by atoms with Crippen molar-refractivity contribution in [2.75, 3.05) is 18.8 Å². The van der Waals surface area contributed by atoms with Crippen LogP contribution in [0.1, 0.15) is 67.2 Å². The third-order valence-corrected chi connectivity index (χ3v) is 7.45. The number of pyridine rings is 2. The van der Waals surface area contributed by atoms with Crippen LogP contribution in [0.25, 0.3) is 22.2 Å². The van der Waals surface area contributed by atoms with Gasteiger partial charge in [0, 0.05) is 16.9 Å². The van der Waals surface area contributed by atoms with Crippen LogP contribution in [0.5, 0.6) is 0 Å². The minimum absolute atomic E-state index is 0.0593. The Morgan fingerprint density at radius 2 is 1.81 bits per heavy atom. The van der Waals surface area contributed by atoms with Gasteiger partial charge in [-0.15, -0.1) is 0 Å². The van der Waals surface area contributed by atoms with Gasteiger partial charge in [-0.2, -0.15) is 18.3 Å². The normalized spacial score (nSPS) is 22.6. The number of nitrogen functional groups attached to an aromatic ring is 1. The summed E-state index contributed by atoms with van der Waals surface area (Å²) in [5, 5.41) is 8.94. The first-order valence-electron chi connectivity index (χ1n) is 12.3. The lowest BCUT2D eigenvalue weighted by atomic mass is 9.96. The van der Waals surface area contributed by atoms with E-state index in [1.54, 1.807) is 4.68 Å². The maximum absolute atomic E-state index is 16.3. The van der Waals surface area contributed by atoms with Crippen LogP contribution in [0.4, 0.5) is 23.4 Å². The van der Waals surface area contributed by atoms with E-state index in [0.717, 1.165) is 37.7 Å². The summed E-state index contributed by atoms with van der Waals surface area (Å²) in [6.45, 7) is 6.89. The summed E-state index contributed by atoms with van der Waals surface area (Å²) in [5.41, 5.74) is 9.64. The Morgan fingerprint density at radius 1 is 1.19 bits per heavy atom. The standard InChI is InChI=1S/C24H26F4N6.CH3NO/c1-9(2)20-17-22(16-13-7-30-8-14(13)16)33-34(11-4-5-11)23(17)19(25)21(32-20)12-6-15(29)31-10(3)18(12)24(26,27)28;2-1-3/h6,9,11,13-14,16,30H,4-5,7-8H2,1-3H3,(H2,29,31);1H,(H2,2,3)/t13-,14+,16?;. The van der Waals surface area contributed by atoms with E-state index in [1.165, 1.54) is 6.92 Å². The molecule has 2 saturated carbocycles. The number of amides is 1. The molecule has 3 aromatic heterocycles. The van der Waals surface area contributed by atoms with Crippen molar-refractivity contribution >= 4 is 23.1 Å². The third-order valence-electron chi connectivity index (χ3n) is 7.45. The molecule has 12 heteroatoms. The molecule has 1 aliphatic heterocycles. The first-order valence-corrected chi connectivity index (χ1v) is 12.3. The first-order chi connectivity index (χ1) is 17.5. The van der Waals surface area contributed by atoms with Crippen molar-refractivity contribution in [3.63, 3.8) is 0 Å².